The van der Waals surface area contributed by atoms with Crippen molar-refractivity contribution in [3.8, 4) is 5.75 Å². The van der Waals surface area contributed by atoms with Crippen LogP contribution in [0.2, 0.25) is 0 Å². The predicted molar refractivity (Wildman–Crippen MR) is 119 cm³/mol. The molecule has 7 heteroatoms. The van der Waals surface area contributed by atoms with Crippen molar-refractivity contribution in [2.75, 3.05) is 51.7 Å². The first-order chi connectivity index (χ1) is 13.7. The third kappa shape index (κ3) is 5.01. The molecule has 0 radical (unpaired) electrons. The van der Waals surface area contributed by atoms with Gasteiger partial charge in [0.05, 0.1) is 18.4 Å². The fourth-order valence-electron chi connectivity index (χ4n) is 4.05. The molecular weight excluding hydrogens is 388 g/mol. The van der Waals surface area contributed by atoms with Gasteiger partial charge in [0.2, 0.25) is 0 Å². The first-order valence-electron chi connectivity index (χ1n) is 9.99. The highest BCUT2D eigenvalue weighted by Gasteiger charge is 2.32. The number of piperazine rings is 1. The zero-order chi connectivity index (χ0) is 19.3. The largest absolute Gasteiger partial charge is 0.497 e. The van der Waals surface area contributed by atoms with Crippen molar-refractivity contribution < 1.29 is 9.53 Å². The van der Waals surface area contributed by atoms with Crippen LogP contribution < -0.4 is 15.4 Å². The standard InChI is InChI=1S/C22H28N4O2.ClH/c1-28-19-8-6-17(7-9-19)24-21-5-3-2-4-20(21)22(27)26-13-10-18(16-26)25-14-11-23-12-15-25;/h2-9,18,23-24H,10-16H2,1H3;1H. The number of hydrogen-bond donors (Lipinski definition) is 2. The molecule has 2 aromatic carbocycles. The molecule has 156 valence electrons. The van der Waals surface area contributed by atoms with Crippen molar-refractivity contribution in [1.29, 1.82) is 0 Å². The monoisotopic (exact) mass is 416 g/mol. The lowest BCUT2D eigenvalue weighted by molar-refractivity contribution is 0.0774. The molecular formula is C22H29ClN4O2. The van der Waals surface area contributed by atoms with Crippen molar-refractivity contribution in [3.63, 3.8) is 0 Å². The zero-order valence-corrected chi connectivity index (χ0v) is 17.6. The van der Waals surface area contributed by atoms with Crippen molar-refractivity contribution >= 4 is 29.7 Å². The van der Waals surface area contributed by atoms with Gasteiger partial charge in [-0.25, -0.2) is 0 Å². The average Bonchev–Trinajstić information content (AvgIpc) is 3.25. The van der Waals surface area contributed by atoms with Gasteiger partial charge in [0.1, 0.15) is 5.75 Å². The summed E-state index contributed by atoms with van der Waals surface area (Å²) in [6, 6.07) is 16.0. The number of hydrogen-bond acceptors (Lipinski definition) is 5. The van der Waals surface area contributed by atoms with E-state index in [1.54, 1.807) is 7.11 Å². The van der Waals surface area contributed by atoms with E-state index < -0.39 is 0 Å². The maximum atomic E-state index is 13.2. The zero-order valence-electron chi connectivity index (χ0n) is 16.8. The number of benzene rings is 2. The Balaban J connectivity index is 0.00000240. The van der Waals surface area contributed by atoms with E-state index in [1.807, 2.05) is 53.4 Å². The van der Waals surface area contributed by atoms with Crippen LogP contribution in [0.15, 0.2) is 48.5 Å². The van der Waals surface area contributed by atoms with Gasteiger partial charge in [0, 0.05) is 51.0 Å². The lowest BCUT2D eigenvalue weighted by Gasteiger charge is -2.32. The summed E-state index contributed by atoms with van der Waals surface area (Å²) in [5, 5.41) is 6.78. The molecule has 2 heterocycles. The van der Waals surface area contributed by atoms with E-state index in [1.165, 1.54) is 0 Å². The Hall–Kier alpha value is -2.28. The second-order valence-electron chi connectivity index (χ2n) is 7.38. The number of ether oxygens (including phenoxy) is 1. The Labute approximate surface area is 178 Å². The van der Waals surface area contributed by atoms with Gasteiger partial charge in [0.25, 0.3) is 5.91 Å². The lowest BCUT2D eigenvalue weighted by Crippen LogP contribution is -2.49. The number of nitrogens with one attached hydrogen (secondary N) is 2. The number of para-hydroxylation sites is 1. The van der Waals surface area contributed by atoms with Crippen molar-refractivity contribution in [3.05, 3.63) is 54.1 Å². The SMILES string of the molecule is COc1ccc(Nc2ccccc2C(=O)N2CCC(N3CCNCC3)C2)cc1.Cl. The molecule has 2 aliphatic rings. The average molecular weight is 417 g/mol. The molecule has 29 heavy (non-hydrogen) atoms. The van der Waals surface area contributed by atoms with Gasteiger partial charge in [-0.3, -0.25) is 9.69 Å². The highest BCUT2D eigenvalue weighted by atomic mass is 35.5. The summed E-state index contributed by atoms with van der Waals surface area (Å²) in [5.74, 6) is 0.917. The molecule has 2 N–H and O–H groups in total. The number of carbonyl (C=O) groups excluding carboxylic acids is 1. The molecule has 0 bridgehead atoms. The smallest absolute Gasteiger partial charge is 0.256 e. The number of amides is 1. The van der Waals surface area contributed by atoms with Crippen LogP contribution in [0.1, 0.15) is 16.8 Å². The highest BCUT2D eigenvalue weighted by molar-refractivity contribution is 6.00. The molecule has 1 atom stereocenters. The number of halogens is 1. The van der Waals surface area contributed by atoms with Gasteiger partial charge in [-0.1, -0.05) is 12.1 Å². The Morgan fingerprint density at radius 2 is 1.79 bits per heavy atom. The summed E-state index contributed by atoms with van der Waals surface area (Å²) >= 11 is 0. The van der Waals surface area contributed by atoms with E-state index in [0.29, 0.717) is 6.04 Å². The molecule has 0 aliphatic carbocycles. The predicted octanol–water partition coefficient (Wildman–Crippen LogP) is 2.98. The van der Waals surface area contributed by atoms with Crippen molar-refractivity contribution in [2.45, 2.75) is 12.5 Å². The molecule has 2 saturated heterocycles. The van der Waals surface area contributed by atoms with E-state index in [0.717, 1.165) is 68.4 Å². The summed E-state index contributed by atoms with van der Waals surface area (Å²) in [6.45, 7) is 5.86. The Kier molecular flexibility index (Phi) is 7.36. The van der Waals surface area contributed by atoms with Crippen molar-refractivity contribution in [1.82, 2.24) is 15.1 Å². The minimum absolute atomic E-state index is 0. The minimum Gasteiger partial charge on any atom is -0.497 e. The van der Waals surface area contributed by atoms with Gasteiger partial charge < -0.3 is 20.3 Å². The second-order valence-corrected chi connectivity index (χ2v) is 7.38. The Morgan fingerprint density at radius 3 is 2.52 bits per heavy atom. The van der Waals surface area contributed by atoms with E-state index >= 15 is 0 Å². The molecule has 2 fully saturated rings. The van der Waals surface area contributed by atoms with Gasteiger partial charge in [0.15, 0.2) is 0 Å². The molecule has 1 unspecified atom stereocenters. The van der Waals surface area contributed by atoms with Gasteiger partial charge >= 0.3 is 0 Å². The number of rotatable bonds is 5. The van der Waals surface area contributed by atoms with Gasteiger partial charge in [-0.05, 0) is 42.8 Å². The molecule has 4 rings (SSSR count). The molecule has 0 saturated carbocycles. The first-order valence-corrected chi connectivity index (χ1v) is 9.99. The topological polar surface area (TPSA) is 56.8 Å². The van der Waals surface area contributed by atoms with E-state index in [-0.39, 0.29) is 18.3 Å². The summed E-state index contributed by atoms with van der Waals surface area (Å²) in [6.07, 6.45) is 1.06. The molecule has 2 aromatic rings. The van der Waals surface area contributed by atoms with Crippen LogP contribution in [-0.2, 0) is 0 Å². The van der Waals surface area contributed by atoms with Crippen LogP contribution >= 0.6 is 12.4 Å². The van der Waals surface area contributed by atoms with Gasteiger partial charge in [-0.15, -0.1) is 12.4 Å². The van der Waals surface area contributed by atoms with E-state index in [2.05, 4.69) is 15.5 Å². The van der Waals surface area contributed by atoms with Crippen LogP contribution in [0.4, 0.5) is 11.4 Å². The van der Waals surface area contributed by atoms with Gasteiger partial charge in [-0.2, -0.15) is 0 Å². The maximum Gasteiger partial charge on any atom is 0.256 e. The summed E-state index contributed by atoms with van der Waals surface area (Å²) in [5.41, 5.74) is 2.49. The summed E-state index contributed by atoms with van der Waals surface area (Å²) in [7, 11) is 1.65. The van der Waals surface area contributed by atoms with Crippen LogP contribution in [0, 0.1) is 0 Å². The maximum absolute atomic E-state index is 13.2. The van der Waals surface area contributed by atoms with Crippen LogP contribution in [-0.4, -0.2) is 68.1 Å². The number of nitrogens with zero attached hydrogens (tertiary/aromatic N) is 2. The number of carbonyl (C=O) groups is 1. The quantitative estimate of drug-likeness (QED) is 0.784. The van der Waals surface area contributed by atoms with E-state index in [9.17, 15) is 4.79 Å². The van der Waals surface area contributed by atoms with Crippen LogP contribution in [0.3, 0.4) is 0 Å². The minimum atomic E-state index is 0. The van der Waals surface area contributed by atoms with Crippen LogP contribution in [0.5, 0.6) is 5.75 Å². The summed E-state index contributed by atoms with van der Waals surface area (Å²) in [4.78, 5) is 17.7. The third-order valence-electron chi connectivity index (χ3n) is 5.65. The van der Waals surface area contributed by atoms with E-state index in [4.69, 9.17) is 4.74 Å². The Bertz CT molecular complexity index is 809. The Morgan fingerprint density at radius 1 is 1.07 bits per heavy atom. The number of anilines is 2. The highest BCUT2D eigenvalue weighted by Crippen LogP contribution is 2.26. The lowest BCUT2D eigenvalue weighted by atomic mass is 10.1. The molecule has 1 amide bonds. The molecule has 0 aromatic heterocycles. The van der Waals surface area contributed by atoms with Crippen LogP contribution in [0.25, 0.3) is 0 Å². The second kappa shape index (κ2) is 9.96. The molecule has 0 spiro atoms. The fraction of sp³-hybridized carbons (Fsp3) is 0.409. The fourth-order valence-corrected chi connectivity index (χ4v) is 4.05. The molecule has 2 aliphatic heterocycles. The number of methoxy groups -OCH3 is 1. The third-order valence-corrected chi connectivity index (χ3v) is 5.65. The summed E-state index contributed by atoms with van der Waals surface area (Å²) < 4.78 is 5.21. The normalized spacial score (nSPS) is 19.5. The van der Waals surface area contributed by atoms with Crippen molar-refractivity contribution in [2.24, 2.45) is 0 Å². The first kappa shape index (κ1) is 21.4. The molecule has 6 nitrogen and oxygen atoms in total. The number of likely N-dealkylation sites (tertiary alicyclic amines) is 1.